The molecule has 0 spiro atoms. The van der Waals surface area contributed by atoms with Crippen LogP contribution in [0.2, 0.25) is 0 Å². The lowest BCUT2D eigenvalue weighted by Gasteiger charge is -2.05. The largest absolute Gasteiger partial charge is 0.497 e. The van der Waals surface area contributed by atoms with Gasteiger partial charge in [-0.05, 0) is 36.4 Å². The van der Waals surface area contributed by atoms with Crippen molar-refractivity contribution in [2.45, 2.75) is 0 Å². The number of hydrogen-bond acceptors (Lipinski definition) is 4. The van der Waals surface area contributed by atoms with Crippen molar-refractivity contribution >= 4 is 28.1 Å². The summed E-state index contributed by atoms with van der Waals surface area (Å²) in [6.07, 6.45) is 2.97. The molecule has 1 amide bonds. The van der Waals surface area contributed by atoms with E-state index in [2.05, 4.69) is 15.3 Å². The molecule has 3 heterocycles. The predicted molar refractivity (Wildman–Crippen MR) is 94.3 cm³/mol. The first-order valence-corrected chi connectivity index (χ1v) is 7.60. The number of benzene rings is 1. The lowest BCUT2D eigenvalue weighted by molar-refractivity contribution is 0.102. The number of pyridine rings is 1. The summed E-state index contributed by atoms with van der Waals surface area (Å²) in [7, 11) is 1.58. The van der Waals surface area contributed by atoms with Crippen molar-refractivity contribution in [1.82, 2.24) is 14.4 Å². The quantitative estimate of drug-likeness (QED) is 0.602. The van der Waals surface area contributed by atoms with E-state index in [0.29, 0.717) is 17.1 Å². The zero-order valence-electron chi connectivity index (χ0n) is 13.3. The highest BCUT2D eigenvalue weighted by molar-refractivity contribution is 6.05. The molecule has 0 fully saturated rings. The average Bonchev–Trinajstić information content (AvgIpc) is 3.07. The number of hydrogen-bond donors (Lipinski definition) is 2. The summed E-state index contributed by atoms with van der Waals surface area (Å²) in [5.41, 5.74) is 1.45. The molecule has 7 nitrogen and oxygen atoms in total. The number of nitrogens with one attached hydrogen (secondary N) is 2. The van der Waals surface area contributed by atoms with E-state index in [-0.39, 0.29) is 11.2 Å². The summed E-state index contributed by atoms with van der Waals surface area (Å²) in [6.45, 7) is 0. The number of fused-ring (bicyclic) bond motifs is 2. The number of rotatable bonds is 3. The molecule has 0 saturated carbocycles. The van der Waals surface area contributed by atoms with Crippen LogP contribution in [-0.4, -0.2) is 27.4 Å². The fourth-order valence-corrected chi connectivity index (χ4v) is 2.66. The lowest BCUT2D eigenvalue weighted by atomic mass is 10.2. The van der Waals surface area contributed by atoms with E-state index in [0.717, 1.165) is 10.9 Å². The first kappa shape index (κ1) is 14.9. The Morgan fingerprint density at radius 1 is 1.24 bits per heavy atom. The normalized spacial score (nSPS) is 10.9. The maximum Gasteiger partial charge on any atom is 0.281 e. The summed E-state index contributed by atoms with van der Waals surface area (Å²) in [5, 5.41) is 3.46. The van der Waals surface area contributed by atoms with Gasteiger partial charge >= 0.3 is 0 Å². The Morgan fingerprint density at radius 3 is 2.96 bits per heavy atom. The number of carbonyl (C=O) groups excluding carboxylic acids is 1. The highest BCUT2D eigenvalue weighted by Gasteiger charge is 2.13. The molecule has 1 aromatic carbocycles. The molecule has 0 radical (unpaired) electrons. The lowest BCUT2D eigenvalue weighted by Crippen LogP contribution is -2.23. The molecule has 0 aliphatic carbocycles. The van der Waals surface area contributed by atoms with Gasteiger partial charge in [-0.2, -0.15) is 0 Å². The van der Waals surface area contributed by atoms with Crippen molar-refractivity contribution in [1.29, 1.82) is 0 Å². The van der Waals surface area contributed by atoms with Gasteiger partial charge in [0, 0.05) is 17.1 Å². The Morgan fingerprint density at radius 2 is 2.12 bits per heavy atom. The highest BCUT2D eigenvalue weighted by atomic mass is 16.5. The van der Waals surface area contributed by atoms with Gasteiger partial charge < -0.3 is 15.0 Å². The third-order valence-corrected chi connectivity index (χ3v) is 3.93. The zero-order valence-corrected chi connectivity index (χ0v) is 13.3. The molecule has 2 N–H and O–H groups in total. The molecule has 7 heteroatoms. The number of amides is 1. The third kappa shape index (κ3) is 2.61. The van der Waals surface area contributed by atoms with Crippen molar-refractivity contribution < 1.29 is 9.53 Å². The van der Waals surface area contributed by atoms with Crippen LogP contribution >= 0.6 is 0 Å². The number of anilines is 1. The van der Waals surface area contributed by atoms with E-state index in [1.165, 1.54) is 10.6 Å². The second kappa shape index (κ2) is 5.79. The second-order valence-corrected chi connectivity index (χ2v) is 5.50. The molecule has 4 aromatic rings. The molecule has 0 atom stereocenters. The number of nitrogens with zero attached hydrogens (tertiary/aromatic N) is 2. The fourth-order valence-electron chi connectivity index (χ4n) is 2.66. The van der Waals surface area contributed by atoms with Crippen LogP contribution in [0.1, 0.15) is 10.5 Å². The Labute approximate surface area is 141 Å². The smallest absolute Gasteiger partial charge is 0.281 e. The molecule has 4 rings (SSSR count). The summed E-state index contributed by atoms with van der Waals surface area (Å²) >= 11 is 0. The Kier molecular flexibility index (Phi) is 3.46. The average molecular weight is 334 g/mol. The van der Waals surface area contributed by atoms with Crippen LogP contribution in [0, 0.1) is 0 Å². The van der Waals surface area contributed by atoms with Gasteiger partial charge in [-0.3, -0.25) is 14.0 Å². The van der Waals surface area contributed by atoms with Crippen LogP contribution in [0.3, 0.4) is 0 Å². The molecular weight excluding hydrogens is 320 g/mol. The van der Waals surface area contributed by atoms with E-state index in [1.807, 2.05) is 12.1 Å². The standard InChI is InChI=1S/C18H14N4O3/c1-25-12-5-6-13-11(8-12)9-14(20-13)17(23)21-15-10-19-16-4-2-3-7-22(16)18(15)24/h2-10,20H,1H3,(H,21,23). The predicted octanol–water partition coefficient (Wildman–Crippen LogP) is 2.44. The van der Waals surface area contributed by atoms with Gasteiger partial charge in [-0.15, -0.1) is 0 Å². The first-order valence-electron chi connectivity index (χ1n) is 7.60. The zero-order chi connectivity index (χ0) is 17.4. The molecule has 0 bridgehead atoms. The van der Waals surface area contributed by atoms with Crippen molar-refractivity contribution in [2.75, 3.05) is 12.4 Å². The molecule has 124 valence electrons. The maximum absolute atomic E-state index is 12.5. The van der Waals surface area contributed by atoms with Gasteiger partial charge in [0.25, 0.3) is 11.5 Å². The summed E-state index contributed by atoms with van der Waals surface area (Å²) in [4.78, 5) is 32.1. The third-order valence-electron chi connectivity index (χ3n) is 3.93. The molecule has 0 aliphatic heterocycles. The number of aromatic amines is 1. The second-order valence-electron chi connectivity index (χ2n) is 5.50. The minimum absolute atomic E-state index is 0.116. The van der Waals surface area contributed by atoms with E-state index >= 15 is 0 Å². The van der Waals surface area contributed by atoms with E-state index in [1.54, 1.807) is 43.6 Å². The maximum atomic E-state index is 12.5. The SMILES string of the molecule is COc1ccc2[nH]c(C(=O)Nc3cnc4ccccn4c3=O)cc2c1. The van der Waals surface area contributed by atoms with Gasteiger partial charge in [0.1, 0.15) is 22.8 Å². The molecule has 0 aliphatic rings. The van der Waals surface area contributed by atoms with Crippen molar-refractivity contribution in [3.8, 4) is 5.75 Å². The van der Waals surface area contributed by atoms with Crippen LogP contribution in [0.15, 0.2) is 59.7 Å². The molecule has 25 heavy (non-hydrogen) atoms. The topological polar surface area (TPSA) is 88.5 Å². The van der Waals surface area contributed by atoms with Gasteiger partial charge in [0.2, 0.25) is 0 Å². The number of H-pyrrole nitrogens is 1. The summed E-state index contributed by atoms with van der Waals surface area (Å²) in [6, 6.07) is 12.4. The van der Waals surface area contributed by atoms with Crippen LogP contribution in [0.5, 0.6) is 5.75 Å². The van der Waals surface area contributed by atoms with Crippen molar-refractivity contribution in [3.05, 3.63) is 70.9 Å². The van der Waals surface area contributed by atoms with Crippen LogP contribution in [0.25, 0.3) is 16.6 Å². The summed E-state index contributed by atoms with van der Waals surface area (Å²) < 4.78 is 6.56. The highest BCUT2D eigenvalue weighted by Crippen LogP contribution is 2.21. The van der Waals surface area contributed by atoms with E-state index < -0.39 is 5.91 Å². The first-order chi connectivity index (χ1) is 12.2. The minimum Gasteiger partial charge on any atom is -0.497 e. The van der Waals surface area contributed by atoms with E-state index in [9.17, 15) is 9.59 Å². The minimum atomic E-state index is -0.412. The Balaban J connectivity index is 1.68. The van der Waals surface area contributed by atoms with Gasteiger partial charge in [0.15, 0.2) is 0 Å². The summed E-state index contributed by atoms with van der Waals surface area (Å²) in [5.74, 6) is 0.292. The van der Waals surface area contributed by atoms with Crippen LogP contribution in [0.4, 0.5) is 5.69 Å². The number of carbonyl (C=O) groups is 1. The molecule has 3 aromatic heterocycles. The van der Waals surface area contributed by atoms with Crippen LogP contribution in [-0.2, 0) is 0 Å². The van der Waals surface area contributed by atoms with Gasteiger partial charge in [0.05, 0.1) is 13.3 Å². The Hall–Kier alpha value is -3.61. The molecular formula is C18H14N4O3. The van der Waals surface area contributed by atoms with Crippen LogP contribution < -0.4 is 15.6 Å². The van der Waals surface area contributed by atoms with Gasteiger partial charge in [-0.1, -0.05) is 6.07 Å². The number of methoxy groups -OCH3 is 1. The van der Waals surface area contributed by atoms with Crippen molar-refractivity contribution in [2.24, 2.45) is 0 Å². The molecule has 0 saturated heterocycles. The Bertz CT molecular complexity index is 1160. The number of aromatic nitrogens is 3. The monoisotopic (exact) mass is 334 g/mol. The van der Waals surface area contributed by atoms with E-state index in [4.69, 9.17) is 4.74 Å². The fraction of sp³-hybridized carbons (Fsp3) is 0.0556. The molecule has 0 unspecified atom stereocenters. The van der Waals surface area contributed by atoms with Crippen molar-refractivity contribution in [3.63, 3.8) is 0 Å². The number of ether oxygens (including phenoxy) is 1. The van der Waals surface area contributed by atoms with Gasteiger partial charge in [-0.25, -0.2) is 4.98 Å².